The van der Waals surface area contributed by atoms with Gasteiger partial charge in [-0.15, -0.1) is 10.2 Å². The number of anilines is 1. The lowest BCUT2D eigenvalue weighted by Gasteiger charge is -2.15. The van der Waals surface area contributed by atoms with E-state index in [4.69, 9.17) is 0 Å². The molecule has 1 N–H and O–H groups in total. The summed E-state index contributed by atoms with van der Waals surface area (Å²) in [5.41, 5.74) is 0.468. The van der Waals surface area contributed by atoms with Crippen molar-refractivity contribution in [3.63, 3.8) is 0 Å². The first-order valence-corrected chi connectivity index (χ1v) is 12.6. The van der Waals surface area contributed by atoms with Crippen LogP contribution in [0.3, 0.4) is 0 Å². The van der Waals surface area contributed by atoms with Crippen LogP contribution in [0.25, 0.3) is 0 Å². The molecular weight excluding hydrogens is 416 g/mol. The zero-order valence-corrected chi connectivity index (χ0v) is 18.2. The van der Waals surface area contributed by atoms with Crippen molar-refractivity contribution in [3.8, 4) is 0 Å². The van der Waals surface area contributed by atoms with Crippen LogP contribution in [0, 0.1) is 0 Å². The smallest absolute Gasteiger partial charge is 0.243 e. The van der Waals surface area contributed by atoms with E-state index in [0.717, 1.165) is 35.8 Å². The van der Waals surface area contributed by atoms with Gasteiger partial charge in [0, 0.05) is 24.4 Å². The van der Waals surface area contributed by atoms with Gasteiger partial charge < -0.3 is 5.32 Å². The fraction of sp³-hybridized carbons (Fsp3) is 0.500. The first kappa shape index (κ1) is 21.2. The minimum Gasteiger partial charge on any atom is -0.353 e. The largest absolute Gasteiger partial charge is 0.353 e. The van der Waals surface area contributed by atoms with E-state index in [2.05, 4.69) is 22.4 Å². The molecule has 0 aliphatic carbocycles. The predicted molar refractivity (Wildman–Crippen MR) is 113 cm³/mol. The van der Waals surface area contributed by atoms with Crippen LogP contribution >= 0.6 is 23.1 Å². The van der Waals surface area contributed by atoms with E-state index < -0.39 is 10.0 Å². The van der Waals surface area contributed by atoms with Gasteiger partial charge >= 0.3 is 0 Å². The number of hydrogen-bond acceptors (Lipinski definition) is 8. The molecule has 0 atom stereocenters. The number of Topliss-reactive ketones (excluding diaryl/α,β-unsaturated/α-hetero) is 1. The summed E-state index contributed by atoms with van der Waals surface area (Å²) in [5, 5.41) is 11.8. The van der Waals surface area contributed by atoms with Crippen molar-refractivity contribution in [2.45, 2.75) is 41.8 Å². The summed E-state index contributed by atoms with van der Waals surface area (Å²) in [6.45, 7) is 3.36. The monoisotopic (exact) mass is 440 g/mol. The Labute approximate surface area is 174 Å². The van der Waals surface area contributed by atoms with Crippen molar-refractivity contribution in [2.24, 2.45) is 0 Å². The maximum Gasteiger partial charge on any atom is 0.243 e. The number of aromatic nitrogens is 2. The molecule has 2 heterocycles. The van der Waals surface area contributed by atoms with E-state index in [-0.39, 0.29) is 17.2 Å². The lowest BCUT2D eigenvalue weighted by Crippen LogP contribution is -2.27. The van der Waals surface area contributed by atoms with E-state index in [1.54, 1.807) is 23.9 Å². The molecular formula is C18H24N4O3S3. The van der Waals surface area contributed by atoms with Crippen molar-refractivity contribution >= 4 is 44.0 Å². The first-order chi connectivity index (χ1) is 13.5. The maximum atomic E-state index is 12.5. The fourth-order valence-electron chi connectivity index (χ4n) is 2.79. The quantitative estimate of drug-likeness (QED) is 0.343. The molecule has 0 spiro atoms. The Kier molecular flexibility index (Phi) is 7.44. The fourth-order valence-corrected chi connectivity index (χ4v) is 6.21. The van der Waals surface area contributed by atoms with Crippen molar-refractivity contribution in [1.29, 1.82) is 0 Å². The number of unbranched alkanes of at least 4 members (excludes halogenated alkanes) is 1. The summed E-state index contributed by atoms with van der Waals surface area (Å²) < 4.78 is 27.5. The lowest BCUT2D eigenvalue weighted by molar-refractivity contribution is 0.101. The highest BCUT2D eigenvalue weighted by Gasteiger charge is 2.27. The van der Waals surface area contributed by atoms with Gasteiger partial charge in [0.15, 0.2) is 10.1 Å². The van der Waals surface area contributed by atoms with Crippen LogP contribution in [0.2, 0.25) is 0 Å². The third kappa shape index (κ3) is 5.31. The molecule has 1 aromatic carbocycles. The molecule has 0 radical (unpaired) electrons. The average molecular weight is 441 g/mol. The highest BCUT2D eigenvalue weighted by atomic mass is 32.2. The number of thioether (sulfide) groups is 1. The zero-order valence-electron chi connectivity index (χ0n) is 15.8. The molecule has 0 unspecified atom stereocenters. The van der Waals surface area contributed by atoms with E-state index in [1.807, 2.05) is 0 Å². The molecule has 1 saturated heterocycles. The molecule has 7 nitrogen and oxygen atoms in total. The molecule has 3 rings (SSSR count). The van der Waals surface area contributed by atoms with Gasteiger partial charge in [-0.05, 0) is 43.5 Å². The van der Waals surface area contributed by atoms with Crippen molar-refractivity contribution in [3.05, 3.63) is 29.8 Å². The van der Waals surface area contributed by atoms with Gasteiger partial charge in [0.1, 0.15) is 0 Å². The highest BCUT2D eigenvalue weighted by Crippen LogP contribution is 2.26. The van der Waals surface area contributed by atoms with Crippen LogP contribution in [0.1, 0.15) is 43.0 Å². The van der Waals surface area contributed by atoms with Crippen LogP contribution in [-0.4, -0.2) is 54.1 Å². The Bertz CT molecular complexity index is 891. The highest BCUT2D eigenvalue weighted by molar-refractivity contribution is 8.01. The van der Waals surface area contributed by atoms with Gasteiger partial charge in [-0.25, -0.2) is 8.42 Å². The van der Waals surface area contributed by atoms with Crippen LogP contribution in [0.5, 0.6) is 0 Å². The molecule has 0 saturated carbocycles. The van der Waals surface area contributed by atoms with Gasteiger partial charge in [0.2, 0.25) is 15.2 Å². The van der Waals surface area contributed by atoms with Gasteiger partial charge in [-0.1, -0.05) is 36.4 Å². The normalized spacial score (nSPS) is 15.0. The van der Waals surface area contributed by atoms with E-state index >= 15 is 0 Å². The van der Waals surface area contributed by atoms with Gasteiger partial charge in [-0.3, -0.25) is 4.79 Å². The number of hydrogen-bond donors (Lipinski definition) is 1. The van der Waals surface area contributed by atoms with Gasteiger partial charge in [0.05, 0.1) is 11.4 Å². The Morgan fingerprint density at radius 3 is 2.61 bits per heavy atom. The summed E-state index contributed by atoms with van der Waals surface area (Å²) in [7, 11) is -3.46. The Hall–Kier alpha value is -1.49. The van der Waals surface area contributed by atoms with Crippen molar-refractivity contribution in [1.82, 2.24) is 14.5 Å². The van der Waals surface area contributed by atoms with Crippen LogP contribution < -0.4 is 5.32 Å². The molecule has 1 aliphatic heterocycles. The summed E-state index contributed by atoms with van der Waals surface area (Å²) >= 11 is 3.10. The Morgan fingerprint density at radius 2 is 1.93 bits per heavy atom. The Morgan fingerprint density at radius 1 is 1.21 bits per heavy atom. The van der Waals surface area contributed by atoms with Crippen LogP contribution in [0.15, 0.2) is 33.5 Å². The molecule has 2 aromatic rings. The van der Waals surface area contributed by atoms with E-state index in [1.165, 1.54) is 27.8 Å². The minimum absolute atomic E-state index is 0.0898. The molecule has 10 heteroatoms. The zero-order chi connectivity index (χ0) is 20.0. The number of sulfonamides is 1. The number of ketones is 1. The second-order valence-electron chi connectivity index (χ2n) is 6.49. The van der Waals surface area contributed by atoms with Crippen LogP contribution in [0.4, 0.5) is 5.13 Å². The number of carbonyl (C=O) groups is 1. The average Bonchev–Trinajstić information content (AvgIpc) is 3.39. The minimum atomic E-state index is -3.46. The first-order valence-electron chi connectivity index (χ1n) is 9.34. The molecule has 0 bridgehead atoms. The number of nitrogens with one attached hydrogen (secondary N) is 1. The molecule has 152 valence electrons. The van der Waals surface area contributed by atoms with Crippen molar-refractivity contribution in [2.75, 3.05) is 30.7 Å². The van der Waals surface area contributed by atoms with E-state index in [9.17, 15) is 13.2 Å². The Balaban J connectivity index is 1.55. The topological polar surface area (TPSA) is 92.3 Å². The van der Waals surface area contributed by atoms with Crippen LogP contribution in [-0.2, 0) is 10.0 Å². The predicted octanol–water partition coefficient (Wildman–Crippen LogP) is 3.51. The summed E-state index contributed by atoms with van der Waals surface area (Å²) in [6, 6.07) is 6.15. The number of carbonyl (C=O) groups excluding carboxylic acids is 1. The van der Waals surface area contributed by atoms with Gasteiger partial charge in [0.25, 0.3) is 0 Å². The molecule has 28 heavy (non-hydrogen) atoms. The molecule has 1 aliphatic rings. The summed E-state index contributed by atoms with van der Waals surface area (Å²) in [4.78, 5) is 12.6. The van der Waals surface area contributed by atoms with E-state index in [0.29, 0.717) is 23.8 Å². The molecule has 1 fully saturated rings. The molecule has 0 amide bonds. The summed E-state index contributed by atoms with van der Waals surface area (Å²) in [5.74, 6) is 0.886. The standard InChI is InChI=1S/C18H24N4O3S3/c1-2-3-12-26-18-21-20-17(27-18)19-13-16(23)14-6-8-15(9-7-14)28(24,25)22-10-4-5-11-22/h6-9H,2-5,10-13H2,1H3,(H,19,20). The lowest BCUT2D eigenvalue weighted by atomic mass is 10.1. The second-order valence-corrected chi connectivity index (χ2v) is 10.7. The van der Waals surface area contributed by atoms with Crippen molar-refractivity contribution < 1.29 is 13.2 Å². The second kappa shape index (κ2) is 9.82. The molecule has 1 aromatic heterocycles. The number of nitrogens with zero attached hydrogens (tertiary/aromatic N) is 3. The number of benzene rings is 1. The SMILES string of the molecule is CCCCSc1nnc(NCC(=O)c2ccc(S(=O)(=O)N3CCCC3)cc2)s1. The number of rotatable bonds is 10. The third-order valence-corrected chi connectivity index (χ3v) is 8.42. The maximum absolute atomic E-state index is 12.5. The summed E-state index contributed by atoms with van der Waals surface area (Å²) in [6.07, 6.45) is 4.07. The van der Waals surface area contributed by atoms with Gasteiger partial charge in [-0.2, -0.15) is 4.31 Å². The third-order valence-electron chi connectivity index (χ3n) is 4.41.